The van der Waals surface area contributed by atoms with Crippen molar-refractivity contribution in [3.05, 3.63) is 66.5 Å². The fourth-order valence-corrected chi connectivity index (χ4v) is 3.75. The van der Waals surface area contributed by atoms with Gasteiger partial charge in [-0.2, -0.15) is 0 Å². The molecule has 2 aromatic carbocycles. The van der Waals surface area contributed by atoms with Crippen molar-refractivity contribution < 1.29 is 4.79 Å². The molecular weight excluding hydrogens is 352 g/mol. The summed E-state index contributed by atoms with van der Waals surface area (Å²) in [6.07, 6.45) is 5.60. The van der Waals surface area contributed by atoms with E-state index < -0.39 is 0 Å². The number of anilines is 1. The lowest BCUT2D eigenvalue weighted by atomic mass is 10.1. The van der Waals surface area contributed by atoms with Gasteiger partial charge in [-0.1, -0.05) is 36.4 Å². The predicted octanol–water partition coefficient (Wildman–Crippen LogP) is 2.70. The van der Waals surface area contributed by atoms with Crippen molar-refractivity contribution in [1.29, 1.82) is 0 Å². The Labute approximate surface area is 164 Å². The molecule has 0 saturated carbocycles. The normalized spacial score (nSPS) is 16.9. The number of carbonyl (C=O) groups excluding carboxylic acids is 1. The van der Waals surface area contributed by atoms with E-state index in [0.29, 0.717) is 0 Å². The number of likely N-dealkylation sites (tertiary alicyclic amines) is 1. The third-order valence-corrected chi connectivity index (χ3v) is 5.15. The lowest BCUT2D eigenvalue weighted by Gasteiger charge is -2.23. The van der Waals surface area contributed by atoms with E-state index >= 15 is 0 Å². The van der Waals surface area contributed by atoms with Gasteiger partial charge in [0.15, 0.2) is 0 Å². The summed E-state index contributed by atoms with van der Waals surface area (Å²) in [5.74, 6) is 0.0612. The Bertz CT molecular complexity index is 896. The molecule has 1 aromatic heterocycles. The van der Waals surface area contributed by atoms with Crippen molar-refractivity contribution in [2.24, 2.45) is 0 Å². The molecule has 0 spiro atoms. The number of carbonyl (C=O) groups is 1. The van der Waals surface area contributed by atoms with Crippen LogP contribution in [0.4, 0.5) is 5.69 Å². The van der Waals surface area contributed by atoms with Gasteiger partial charge >= 0.3 is 0 Å². The lowest BCUT2D eigenvalue weighted by molar-refractivity contribution is -0.120. The molecule has 0 bridgehead atoms. The van der Waals surface area contributed by atoms with Gasteiger partial charge in [-0.15, -0.1) is 5.10 Å². The van der Waals surface area contributed by atoms with Gasteiger partial charge in [0.1, 0.15) is 6.33 Å². The predicted molar refractivity (Wildman–Crippen MR) is 107 cm³/mol. The zero-order valence-electron chi connectivity index (χ0n) is 15.7. The smallest absolute Gasteiger partial charge is 0.241 e. The number of aryl methyl sites for hydroxylation is 1. The first-order chi connectivity index (χ1) is 13.8. The molecule has 3 aromatic rings. The minimum atomic E-state index is -0.0625. The highest BCUT2D eigenvalue weighted by Crippen LogP contribution is 2.21. The second kappa shape index (κ2) is 8.75. The zero-order chi connectivity index (χ0) is 19.2. The van der Waals surface area contributed by atoms with Crippen molar-refractivity contribution in [2.75, 3.05) is 18.4 Å². The molecule has 1 fully saturated rings. The Kier molecular flexibility index (Phi) is 5.72. The Morgan fingerprint density at radius 1 is 1.14 bits per heavy atom. The molecule has 1 saturated heterocycles. The number of tetrazole rings is 1. The Balaban J connectivity index is 1.34. The number of amides is 1. The van der Waals surface area contributed by atoms with Crippen LogP contribution in [-0.2, 0) is 11.2 Å². The molecule has 7 heteroatoms. The standard InChI is InChI=1S/C21H24N6O/c28-21(23-18-10-4-11-19(15-18)27-16-22-24-25-27)20-12-6-14-26(20)13-5-9-17-7-2-1-3-8-17/h1-4,7-8,10-11,15-16,20H,5-6,9,12-14H2,(H,23,28)/t20-/m1/s1. The maximum absolute atomic E-state index is 12.9. The fourth-order valence-electron chi connectivity index (χ4n) is 3.75. The van der Waals surface area contributed by atoms with E-state index in [1.807, 2.05) is 30.3 Å². The molecule has 1 aliphatic rings. The lowest BCUT2D eigenvalue weighted by Crippen LogP contribution is -2.40. The van der Waals surface area contributed by atoms with Gasteiger partial charge in [-0.05, 0) is 73.0 Å². The van der Waals surface area contributed by atoms with Gasteiger partial charge in [0.2, 0.25) is 5.91 Å². The van der Waals surface area contributed by atoms with Gasteiger partial charge in [0.25, 0.3) is 0 Å². The van der Waals surface area contributed by atoms with Crippen LogP contribution < -0.4 is 5.32 Å². The number of hydrogen-bond acceptors (Lipinski definition) is 5. The molecule has 7 nitrogen and oxygen atoms in total. The van der Waals surface area contributed by atoms with Crippen LogP contribution in [0.1, 0.15) is 24.8 Å². The van der Waals surface area contributed by atoms with E-state index in [0.717, 1.165) is 50.1 Å². The van der Waals surface area contributed by atoms with Crippen LogP contribution in [0.5, 0.6) is 0 Å². The Morgan fingerprint density at radius 3 is 2.86 bits per heavy atom. The highest BCUT2D eigenvalue weighted by Gasteiger charge is 2.30. The topological polar surface area (TPSA) is 75.9 Å². The van der Waals surface area contributed by atoms with Crippen LogP contribution in [0.3, 0.4) is 0 Å². The molecule has 0 unspecified atom stereocenters. The number of rotatable bonds is 7. The Hall–Kier alpha value is -3.06. The molecule has 1 amide bonds. The number of nitrogens with one attached hydrogen (secondary N) is 1. The van der Waals surface area contributed by atoms with Crippen molar-refractivity contribution in [3.63, 3.8) is 0 Å². The third kappa shape index (κ3) is 4.43. The van der Waals surface area contributed by atoms with Crippen LogP contribution in [0.2, 0.25) is 0 Å². The fraction of sp³-hybridized carbons (Fsp3) is 0.333. The molecule has 0 radical (unpaired) electrons. The van der Waals surface area contributed by atoms with Gasteiger partial charge in [-0.25, -0.2) is 4.68 Å². The van der Waals surface area contributed by atoms with Crippen molar-refractivity contribution in [1.82, 2.24) is 25.1 Å². The molecule has 0 aliphatic carbocycles. The van der Waals surface area contributed by atoms with Gasteiger partial charge in [0, 0.05) is 5.69 Å². The van der Waals surface area contributed by atoms with E-state index in [2.05, 4.69) is 50.0 Å². The maximum atomic E-state index is 12.9. The van der Waals surface area contributed by atoms with Crippen molar-refractivity contribution in [2.45, 2.75) is 31.7 Å². The average Bonchev–Trinajstić information content (AvgIpc) is 3.41. The van der Waals surface area contributed by atoms with E-state index in [9.17, 15) is 4.79 Å². The van der Waals surface area contributed by atoms with Crippen LogP contribution >= 0.6 is 0 Å². The molecule has 1 aliphatic heterocycles. The summed E-state index contributed by atoms with van der Waals surface area (Å²) >= 11 is 0. The third-order valence-electron chi connectivity index (χ3n) is 5.15. The monoisotopic (exact) mass is 376 g/mol. The summed E-state index contributed by atoms with van der Waals surface area (Å²) in [6.45, 7) is 1.93. The highest BCUT2D eigenvalue weighted by atomic mass is 16.2. The Morgan fingerprint density at radius 2 is 2.04 bits per heavy atom. The first-order valence-corrected chi connectivity index (χ1v) is 9.72. The summed E-state index contributed by atoms with van der Waals surface area (Å²) in [7, 11) is 0. The summed E-state index contributed by atoms with van der Waals surface area (Å²) in [5, 5.41) is 14.3. The van der Waals surface area contributed by atoms with Crippen molar-refractivity contribution in [3.8, 4) is 5.69 Å². The summed E-state index contributed by atoms with van der Waals surface area (Å²) in [4.78, 5) is 15.2. The molecule has 2 heterocycles. The van der Waals surface area contributed by atoms with Crippen LogP contribution in [0.15, 0.2) is 60.9 Å². The number of benzene rings is 2. The van der Waals surface area contributed by atoms with Crippen LogP contribution in [0.25, 0.3) is 5.69 Å². The molecule has 1 N–H and O–H groups in total. The van der Waals surface area contributed by atoms with E-state index in [1.165, 1.54) is 11.9 Å². The largest absolute Gasteiger partial charge is 0.325 e. The molecular formula is C21H24N6O. The SMILES string of the molecule is O=C(Nc1cccc(-n2cnnn2)c1)[C@H]1CCCN1CCCc1ccccc1. The van der Waals surface area contributed by atoms with Crippen LogP contribution in [-0.4, -0.2) is 50.1 Å². The summed E-state index contributed by atoms with van der Waals surface area (Å²) < 4.78 is 1.57. The number of nitrogens with zero attached hydrogens (tertiary/aromatic N) is 5. The maximum Gasteiger partial charge on any atom is 0.241 e. The van der Waals surface area contributed by atoms with E-state index in [1.54, 1.807) is 4.68 Å². The van der Waals surface area contributed by atoms with E-state index in [4.69, 9.17) is 0 Å². The van der Waals surface area contributed by atoms with E-state index in [-0.39, 0.29) is 11.9 Å². The highest BCUT2D eigenvalue weighted by molar-refractivity contribution is 5.95. The first kappa shape index (κ1) is 18.3. The molecule has 28 heavy (non-hydrogen) atoms. The van der Waals surface area contributed by atoms with Gasteiger partial charge in [-0.3, -0.25) is 9.69 Å². The van der Waals surface area contributed by atoms with Crippen LogP contribution in [0, 0.1) is 0 Å². The number of aromatic nitrogens is 4. The molecule has 144 valence electrons. The minimum Gasteiger partial charge on any atom is -0.325 e. The zero-order valence-corrected chi connectivity index (χ0v) is 15.7. The van der Waals surface area contributed by atoms with Gasteiger partial charge < -0.3 is 5.32 Å². The second-order valence-corrected chi connectivity index (χ2v) is 7.08. The molecule has 4 rings (SSSR count). The minimum absolute atomic E-state index is 0.0612. The molecule has 1 atom stereocenters. The number of hydrogen-bond donors (Lipinski definition) is 1. The summed E-state index contributed by atoms with van der Waals surface area (Å²) in [6, 6.07) is 18.0. The van der Waals surface area contributed by atoms with Crippen molar-refractivity contribution >= 4 is 11.6 Å². The first-order valence-electron chi connectivity index (χ1n) is 9.72. The quantitative estimate of drug-likeness (QED) is 0.686. The van der Waals surface area contributed by atoms with Gasteiger partial charge in [0.05, 0.1) is 11.7 Å². The average molecular weight is 376 g/mol. The summed E-state index contributed by atoms with van der Waals surface area (Å²) in [5.41, 5.74) is 2.92. The second-order valence-electron chi connectivity index (χ2n) is 7.08.